The van der Waals surface area contributed by atoms with Gasteiger partial charge in [-0.2, -0.15) is 0 Å². The summed E-state index contributed by atoms with van der Waals surface area (Å²) in [5.41, 5.74) is -0.433. The summed E-state index contributed by atoms with van der Waals surface area (Å²) in [6, 6.07) is 0.297. The highest BCUT2D eigenvalue weighted by Gasteiger charge is 2.35. The highest BCUT2D eigenvalue weighted by molar-refractivity contribution is 5.69. The summed E-state index contributed by atoms with van der Waals surface area (Å²) >= 11 is 0. The Labute approximate surface area is 108 Å². The van der Waals surface area contributed by atoms with Crippen molar-refractivity contribution in [2.45, 2.75) is 51.4 Å². The summed E-state index contributed by atoms with van der Waals surface area (Å²) in [6.07, 6.45) is 1.83. The highest BCUT2D eigenvalue weighted by atomic mass is 16.6. The number of amides is 1. The molecule has 2 rings (SSSR count). The van der Waals surface area contributed by atoms with Crippen molar-refractivity contribution in [2.24, 2.45) is 5.92 Å². The van der Waals surface area contributed by atoms with Gasteiger partial charge < -0.3 is 20.1 Å². The monoisotopic (exact) mass is 256 g/mol. The first kappa shape index (κ1) is 13.6. The largest absolute Gasteiger partial charge is 0.444 e. The number of ether oxygens (including phenoxy) is 1. The topological polar surface area (TPSA) is 61.8 Å². The van der Waals surface area contributed by atoms with Gasteiger partial charge in [-0.3, -0.25) is 0 Å². The maximum atomic E-state index is 11.7. The maximum Gasteiger partial charge on any atom is 0.410 e. The Hall–Kier alpha value is -0.810. The second kappa shape index (κ2) is 5.05. The lowest BCUT2D eigenvalue weighted by Crippen LogP contribution is -2.61. The Kier molecular flexibility index (Phi) is 3.82. The van der Waals surface area contributed by atoms with E-state index in [9.17, 15) is 9.90 Å². The molecule has 1 heterocycles. The van der Waals surface area contributed by atoms with Crippen LogP contribution in [-0.4, -0.2) is 53.5 Å². The molecule has 5 nitrogen and oxygen atoms in total. The van der Waals surface area contributed by atoms with Crippen LogP contribution in [0.3, 0.4) is 0 Å². The summed E-state index contributed by atoms with van der Waals surface area (Å²) in [7, 11) is 0. The van der Waals surface area contributed by atoms with E-state index in [1.807, 2.05) is 20.8 Å². The fourth-order valence-electron chi connectivity index (χ4n) is 2.02. The summed E-state index contributed by atoms with van der Waals surface area (Å²) in [6.45, 7) is 7.58. The van der Waals surface area contributed by atoms with Crippen LogP contribution in [0.2, 0.25) is 0 Å². The quantitative estimate of drug-likeness (QED) is 0.786. The molecular formula is C13H24N2O3. The number of rotatable bonds is 4. The lowest BCUT2D eigenvalue weighted by atomic mass is 10.1. The Morgan fingerprint density at radius 3 is 2.56 bits per heavy atom. The van der Waals surface area contributed by atoms with Gasteiger partial charge in [0.05, 0.1) is 6.10 Å². The van der Waals surface area contributed by atoms with Crippen molar-refractivity contribution >= 4 is 6.09 Å². The molecule has 0 aromatic carbocycles. The number of nitrogens with one attached hydrogen (secondary N) is 1. The molecule has 1 atom stereocenters. The second-order valence-corrected chi connectivity index (χ2v) is 6.40. The highest BCUT2D eigenvalue weighted by Crippen LogP contribution is 2.32. The number of carbonyl (C=O) groups is 1. The summed E-state index contributed by atoms with van der Waals surface area (Å²) < 4.78 is 5.27. The minimum Gasteiger partial charge on any atom is -0.444 e. The third kappa shape index (κ3) is 3.85. The van der Waals surface area contributed by atoms with E-state index in [4.69, 9.17) is 4.74 Å². The standard InChI is InChI=1S/C13H24N2O3/c1-13(2,3)18-12(17)15-7-10(8-15)14-6-11(16)9-4-5-9/h9-11,14,16H,4-8H2,1-3H3. The lowest BCUT2D eigenvalue weighted by molar-refractivity contribution is 0.00396. The van der Waals surface area contributed by atoms with Gasteiger partial charge in [0.25, 0.3) is 0 Å². The average Bonchev–Trinajstić information content (AvgIpc) is 2.94. The minimum absolute atomic E-state index is 0.222. The molecule has 1 saturated heterocycles. The van der Waals surface area contributed by atoms with Crippen LogP contribution in [-0.2, 0) is 4.74 Å². The zero-order chi connectivity index (χ0) is 13.3. The molecule has 0 spiro atoms. The molecule has 1 unspecified atom stereocenters. The van der Waals surface area contributed by atoms with Gasteiger partial charge in [-0.05, 0) is 39.5 Å². The fourth-order valence-corrected chi connectivity index (χ4v) is 2.02. The molecule has 1 aliphatic heterocycles. The minimum atomic E-state index is -0.433. The van der Waals surface area contributed by atoms with Crippen molar-refractivity contribution in [3.05, 3.63) is 0 Å². The van der Waals surface area contributed by atoms with Crippen LogP contribution in [0.4, 0.5) is 4.79 Å². The van der Waals surface area contributed by atoms with Gasteiger partial charge in [0.15, 0.2) is 0 Å². The average molecular weight is 256 g/mol. The van der Waals surface area contributed by atoms with Crippen LogP contribution < -0.4 is 5.32 Å². The summed E-state index contributed by atoms with van der Waals surface area (Å²) in [5, 5.41) is 13.0. The first-order valence-electron chi connectivity index (χ1n) is 6.74. The molecule has 0 bridgehead atoms. The van der Waals surface area contributed by atoms with Crippen LogP contribution in [0.25, 0.3) is 0 Å². The summed E-state index contributed by atoms with van der Waals surface area (Å²) in [4.78, 5) is 13.4. The molecule has 1 saturated carbocycles. The molecular weight excluding hydrogens is 232 g/mol. The molecule has 1 aliphatic carbocycles. The molecule has 18 heavy (non-hydrogen) atoms. The van der Waals surface area contributed by atoms with E-state index < -0.39 is 5.60 Å². The van der Waals surface area contributed by atoms with E-state index in [0.29, 0.717) is 31.6 Å². The van der Waals surface area contributed by atoms with Gasteiger partial charge in [-0.1, -0.05) is 0 Å². The van der Waals surface area contributed by atoms with E-state index >= 15 is 0 Å². The van der Waals surface area contributed by atoms with Crippen molar-refractivity contribution in [3.8, 4) is 0 Å². The van der Waals surface area contributed by atoms with Crippen LogP contribution in [0.1, 0.15) is 33.6 Å². The molecule has 5 heteroatoms. The van der Waals surface area contributed by atoms with Gasteiger partial charge in [-0.25, -0.2) is 4.79 Å². The van der Waals surface area contributed by atoms with E-state index in [1.165, 1.54) is 0 Å². The van der Waals surface area contributed by atoms with Crippen molar-refractivity contribution in [1.82, 2.24) is 10.2 Å². The van der Waals surface area contributed by atoms with Crippen molar-refractivity contribution in [1.29, 1.82) is 0 Å². The first-order valence-corrected chi connectivity index (χ1v) is 6.74. The zero-order valence-corrected chi connectivity index (χ0v) is 11.5. The third-order valence-corrected chi connectivity index (χ3v) is 3.32. The molecule has 1 amide bonds. The van der Waals surface area contributed by atoms with E-state index in [-0.39, 0.29) is 12.2 Å². The third-order valence-electron chi connectivity index (χ3n) is 3.32. The normalized spacial score (nSPS) is 22.6. The second-order valence-electron chi connectivity index (χ2n) is 6.40. The molecule has 0 aromatic heterocycles. The maximum absolute atomic E-state index is 11.7. The molecule has 2 aliphatic rings. The van der Waals surface area contributed by atoms with Gasteiger partial charge >= 0.3 is 6.09 Å². The van der Waals surface area contributed by atoms with Gasteiger partial charge in [0, 0.05) is 25.7 Å². The number of likely N-dealkylation sites (tertiary alicyclic amines) is 1. The van der Waals surface area contributed by atoms with Crippen LogP contribution in [0.15, 0.2) is 0 Å². The number of hydrogen-bond acceptors (Lipinski definition) is 4. The van der Waals surface area contributed by atoms with E-state index in [0.717, 1.165) is 12.8 Å². The predicted molar refractivity (Wildman–Crippen MR) is 68.3 cm³/mol. The van der Waals surface area contributed by atoms with Crippen molar-refractivity contribution in [2.75, 3.05) is 19.6 Å². The molecule has 104 valence electrons. The first-order chi connectivity index (χ1) is 8.35. The van der Waals surface area contributed by atoms with Crippen LogP contribution >= 0.6 is 0 Å². The predicted octanol–water partition coefficient (Wildman–Crippen LogP) is 0.966. The zero-order valence-electron chi connectivity index (χ0n) is 11.5. The smallest absolute Gasteiger partial charge is 0.410 e. The van der Waals surface area contributed by atoms with E-state index in [2.05, 4.69) is 5.32 Å². The Morgan fingerprint density at radius 1 is 1.44 bits per heavy atom. The van der Waals surface area contributed by atoms with Crippen molar-refractivity contribution in [3.63, 3.8) is 0 Å². The van der Waals surface area contributed by atoms with Gasteiger partial charge in [-0.15, -0.1) is 0 Å². The number of carbonyl (C=O) groups excluding carboxylic acids is 1. The van der Waals surface area contributed by atoms with Gasteiger partial charge in [0.1, 0.15) is 5.60 Å². The molecule has 0 aromatic rings. The van der Waals surface area contributed by atoms with Gasteiger partial charge in [0.2, 0.25) is 0 Å². The number of hydrogen-bond donors (Lipinski definition) is 2. The van der Waals surface area contributed by atoms with Crippen LogP contribution in [0, 0.1) is 5.92 Å². The SMILES string of the molecule is CC(C)(C)OC(=O)N1CC(NCC(O)C2CC2)C1. The molecule has 0 radical (unpaired) electrons. The molecule has 2 N–H and O–H groups in total. The number of nitrogens with zero attached hydrogens (tertiary/aromatic N) is 1. The Balaban J connectivity index is 1.59. The van der Waals surface area contributed by atoms with Crippen LogP contribution in [0.5, 0.6) is 0 Å². The Bertz CT molecular complexity index is 304. The molecule has 2 fully saturated rings. The van der Waals surface area contributed by atoms with Crippen molar-refractivity contribution < 1.29 is 14.6 Å². The Morgan fingerprint density at radius 2 is 2.06 bits per heavy atom. The number of aliphatic hydroxyl groups is 1. The number of aliphatic hydroxyl groups excluding tert-OH is 1. The van der Waals surface area contributed by atoms with E-state index in [1.54, 1.807) is 4.90 Å². The summed E-state index contributed by atoms with van der Waals surface area (Å²) in [5.74, 6) is 0.500. The fraction of sp³-hybridized carbons (Fsp3) is 0.923. The lowest BCUT2D eigenvalue weighted by Gasteiger charge is -2.40.